The van der Waals surface area contributed by atoms with Crippen molar-refractivity contribution in [3.05, 3.63) is 69.3 Å². The van der Waals surface area contributed by atoms with Gasteiger partial charge in [0, 0.05) is 30.6 Å². The molecule has 1 aliphatic rings. The molecule has 1 aromatic carbocycles. The Hall–Kier alpha value is -4.23. The third-order valence-corrected chi connectivity index (χ3v) is 6.55. The molecule has 0 atom stereocenters. The van der Waals surface area contributed by atoms with Crippen molar-refractivity contribution in [2.75, 3.05) is 22.9 Å². The monoisotopic (exact) mass is 514 g/mol. The number of hydrogen-bond donors (Lipinski definition) is 0. The van der Waals surface area contributed by atoms with E-state index in [1.807, 2.05) is 58.0 Å². The number of anilines is 2. The van der Waals surface area contributed by atoms with E-state index in [0.717, 1.165) is 40.0 Å². The number of aryl methyl sites for hydroxylation is 4. The minimum absolute atomic E-state index is 0.409. The Morgan fingerprint density at radius 1 is 0.811 bits per heavy atom. The van der Waals surface area contributed by atoms with Gasteiger partial charge in [-0.25, -0.2) is 9.36 Å². The van der Waals surface area contributed by atoms with Crippen LogP contribution in [-0.2, 0) is 0 Å². The third-order valence-electron chi connectivity index (χ3n) is 6.24. The average molecular weight is 515 g/mol. The first-order chi connectivity index (χ1) is 17.7. The summed E-state index contributed by atoms with van der Waals surface area (Å²) in [5, 5.41) is 19.1. The Balaban J connectivity index is 1.71. The van der Waals surface area contributed by atoms with Gasteiger partial charge in [0.2, 0.25) is 0 Å². The number of halogens is 1. The molecule has 4 heterocycles. The zero-order valence-corrected chi connectivity index (χ0v) is 22.4. The van der Waals surface area contributed by atoms with Crippen molar-refractivity contribution in [1.29, 1.82) is 5.26 Å². The molecule has 0 spiro atoms. The van der Waals surface area contributed by atoms with Gasteiger partial charge in [0.25, 0.3) is 11.9 Å². The highest BCUT2D eigenvalue weighted by Gasteiger charge is 2.31. The topological polar surface area (TPSA) is 105 Å². The van der Waals surface area contributed by atoms with E-state index >= 15 is 0 Å². The largest absolute Gasteiger partial charge is 0.326 e. The fourth-order valence-electron chi connectivity index (χ4n) is 4.68. The smallest absolute Gasteiger partial charge is 0.256 e. The van der Waals surface area contributed by atoms with Crippen molar-refractivity contribution in [2.24, 2.45) is 0 Å². The SMILES string of the molecule is CCN1/C(=C\c2nc(-n3nc(C)cc3C)nc(-n3nc(C)cc3C)n2)N(CC)c2cc(C#N)c(Cl)cc21. The molecule has 0 N–H and O–H groups in total. The molecule has 1 aliphatic heterocycles. The van der Waals surface area contributed by atoms with Crippen molar-refractivity contribution in [3.63, 3.8) is 0 Å². The lowest BCUT2D eigenvalue weighted by Crippen LogP contribution is -2.28. The Morgan fingerprint density at radius 2 is 1.32 bits per heavy atom. The predicted octanol–water partition coefficient (Wildman–Crippen LogP) is 4.67. The molecule has 37 heavy (non-hydrogen) atoms. The van der Waals surface area contributed by atoms with Gasteiger partial charge in [-0.05, 0) is 65.8 Å². The standard InChI is InChI=1S/C26H27ClN10/c1-7-34-21-11-19(14-28)20(27)12-22(21)35(8-2)24(34)13-23-29-25(36-17(5)9-15(3)32-36)31-26(30-23)37-18(6)10-16(4)33-37/h9-13H,7-8H2,1-6H3/b24-13-. The maximum Gasteiger partial charge on any atom is 0.256 e. The van der Waals surface area contributed by atoms with Crippen molar-refractivity contribution >= 4 is 29.1 Å². The number of benzene rings is 1. The van der Waals surface area contributed by atoms with Gasteiger partial charge in [0.1, 0.15) is 11.9 Å². The molecule has 4 aromatic rings. The van der Waals surface area contributed by atoms with Crippen LogP contribution in [0.1, 0.15) is 48.0 Å². The van der Waals surface area contributed by atoms with Gasteiger partial charge in [-0.1, -0.05) is 11.6 Å². The van der Waals surface area contributed by atoms with Gasteiger partial charge in [0.05, 0.1) is 33.3 Å². The van der Waals surface area contributed by atoms with Gasteiger partial charge in [0.15, 0.2) is 5.82 Å². The summed E-state index contributed by atoms with van der Waals surface area (Å²) in [4.78, 5) is 18.6. The fraction of sp³-hybridized carbons (Fsp3) is 0.308. The molecule has 0 saturated carbocycles. The third kappa shape index (κ3) is 4.21. The number of nitriles is 1. The van der Waals surface area contributed by atoms with E-state index in [4.69, 9.17) is 26.6 Å². The second kappa shape index (κ2) is 9.33. The first-order valence-corrected chi connectivity index (χ1v) is 12.5. The van der Waals surface area contributed by atoms with Gasteiger partial charge in [-0.2, -0.15) is 30.4 Å². The molecular formula is C26H27ClN10. The van der Waals surface area contributed by atoms with Crippen LogP contribution in [-0.4, -0.2) is 47.6 Å². The van der Waals surface area contributed by atoms with Crippen LogP contribution < -0.4 is 9.80 Å². The fourth-order valence-corrected chi connectivity index (χ4v) is 4.88. The summed E-state index contributed by atoms with van der Waals surface area (Å²) in [5.74, 6) is 2.17. The maximum atomic E-state index is 9.53. The molecule has 5 rings (SSSR count). The molecular weight excluding hydrogens is 488 g/mol. The molecule has 0 saturated heterocycles. The minimum Gasteiger partial charge on any atom is -0.326 e. The van der Waals surface area contributed by atoms with Gasteiger partial charge < -0.3 is 9.80 Å². The van der Waals surface area contributed by atoms with Crippen LogP contribution in [0.3, 0.4) is 0 Å². The van der Waals surface area contributed by atoms with Gasteiger partial charge >= 0.3 is 0 Å². The van der Waals surface area contributed by atoms with Gasteiger partial charge in [-0.15, -0.1) is 0 Å². The first kappa shape index (κ1) is 24.5. The van der Waals surface area contributed by atoms with Crippen LogP contribution in [0.4, 0.5) is 11.4 Å². The Morgan fingerprint density at radius 3 is 1.76 bits per heavy atom. The molecule has 10 nitrogen and oxygen atoms in total. The van der Waals surface area contributed by atoms with Crippen molar-refractivity contribution in [3.8, 4) is 18.0 Å². The normalized spacial score (nSPS) is 13.9. The van der Waals surface area contributed by atoms with Crippen molar-refractivity contribution in [2.45, 2.75) is 41.5 Å². The lowest BCUT2D eigenvalue weighted by atomic mass is 10.2. The van der Waals surface area contributed by atoms with E-state index in [1.165, 1.54) is 0 Å². The predicted molar refractivity (Wildman–Crippen MR) is 143 cm³/mol. The maximum absolute atomic E-state index is 9.53. The summed E-state index contributed by atoms with van der Waals surface area (Å²) in [6.07, 6.45) is 1.93. The van der Waals surface area contributed by atoms with Crippen LogP contribution in [0.2, 0.25) is 5.02 Å². The van der Waals surface area contributed by atoms with E-state index in [2.05, 4.69) is 39.9 Å². The summed E-state index contributed by atoms with van der Waals surface area (Å²) < 4.78 is 3.43. The lowest BCUT2D eigenvalue weighted by Gasteiger charge is -2.23. The highest BCUT2D eigenvalue weighted by atomic mass is 35.5. The Bertz CT molecular complexity index is 1530. The molecule has 0 radical (unpaired) electrons. The average Bonchev–Trinajstić information content (AvgIpc) is 3.48. The molecule has 0 bridgehead atoms. The van der Waals surface area contributed by atoms with Crippen molar-refractivity contribution < 1.29 is 0 Å². The second-order valence-electron chi connectivity index (χ2n) is 8.90. The zero-order valence-electron chi connectivity index (χ0n) is 21.7. The number of nitrogens with zero attached hydrogens (tertiary/aromatic N) is 10. The number of aromatic nitrogens is 7. The summed E-state index contributed by atoms with van der Waals surface area (Å²) in [5.41, 5.74) is 5.87. The number of fused-ring (bicyclic) bond motifs is 1. The summed E-state index contributed by atoms with van der Waals surface area (Å²) in [6.45, 7) is 13.3. The van der Waals surface area contributed by atoms with E-state index in [-0.39, 0.29) is 0 Å². The van der Waals surface area contributed by atoms with E-state index in [9.17, 15) is 5.26 Å². The highest BCUT2D eigenvalue weighted by molar-refractivity contribution is 6.32. The first-order valence-electron chi connectivity index (χ1n) is 12.1. The molecule has 0 amide bonds. The van der Waals surface area contributed by atoms with E-state index in [0.29, 0.717) is 41.4 Å². The number of rotatable bonds is 5. The molecule has 0 aliphatic carbocycles. The summed E-state index contributed by atoms with van der Waals surface area (Å²) in [6, 6.07) is 9.82. The second-order valence-corrected chi connectivity index (χ2v) is 9.30. The lowest BCUT2D eigenvalue weighted by molar-refractivity contribution is 0.713. The van der Waals surface area contributed by atoms with Crippen LogP contribution in [0.5, 0.6) is 0 Å². The molecule has 3 aromatic heterocycles. The molecule has 0 fully saturated rings. The van der Waals surface area contributed by atoms with Gasteiger partial charge in [-0.3, -0.25) is 0 Å². The van der Waals surface area contributed by atoms with E-state index < -0.39 is 0 Å². The minimum atomic E-state index is 0.409. The molecule has 0 unspecified atom stereocenters. The van der Waals surface area contributed by atoms with Crippen LogP contribution in [0.15, 0.2) is 30.1 Å². The molecule has 188 valence electrons. The molecule has 11 heteroatoms. The Kier molecular flexibility index (Phi) is 6.17. The van der Waals surface area contributed by atoms with Crippen molar-refractivity contribution in [1.82, 2.24) is 34.5 Å². The van der Waals surface area contributed by atoms with E-state index in [1.54, 1.807) is 9.36 Å². The summed E-state index contributed by atoms with van der Waals surface area (Å²) >= 11 is 6.40. The van der Waals surface area contributed by atoms with Crippen LogP contribution in [0.25, 0.3) is 18.0 Å². The zero-order chi connectivity index (χ0) is 26.4. The Labute approximate surface area is 220 Å². The highest BCUT2D eigenvalue weighted by Crippen LogP contribution is 2.44. The summed E-state index contributed by atoms with van der Waals surface area (Å²) in [7, 11) is 0. The quantitative estimate of drug-likeness (QED) is 0.378. The van der Waals surface area contributed by atoms with Crippen LogP contribution >= 0.6 is 11.6 Å². The van der Waals surface area contributed by atoms with Crippen LogP contribution in [0, 0.1) is 39.0 Å². The number of hydrogen-bond acceptors (Lipinski definition) is 8.